The fourth-order valence-electron chi connectivity index (χ4n) is 1.31. The largest absolute Gasteiger partial charge is 0.355 e. The summed E-state index contributed by atoms with van der Waals surface area (Å²) in [6, 6.07) is 4.26. The second kappa shape index (κ2) is 6.75. The summed E-state index contributed by atoms with van der Waals surface area (Å²) in [5.74, 6) is -0.523. The Labute approximate surface area is 119 Å². The van der Waals surface area contributed by atoms with Crippen LogP contribution in [0.2, 0.25) is 5.02 Å². The molecule has 1 unspecified atom stereocenters. The van der Waals surface area contributed by atoms with Crippen LogP contribution in [0.3, 0.4) is 0 Å². The number of amides is 2. The minimum Gasteiger partial charge on any atom is -0.355 e. The molecule has 0 spiro atoms. The second-order valence-electron chi connectivity index (χ2n) is 3.72. The first-order valence-corrected chi connectivity index (χ1v) is 6.66. The zero-order valence-corrected chi connectivity index (χ0v) is 12.4. The van der Waals surface area contributed by atoms with Crippen LogP contribution in [0.1, 0.15) is 24.2 Å². The van der Waals surface area contributed by atoms with Crippen LogP contribution in [-0.2, 0) is 4.79 Å². The van der Waals surface area contributed by atoms with E-state index in [1.165, 1.54) is 0 Å². The molecule has 98 valence electrons. The molecule has 0 aliphatic rings. The Hall–Kier alpha value is -1.07. The molecule has 0 saturated carbocycles. The normalized spacial score (nSPS) is 11.8. The number of benzene rings is 1. The number of likely N-dealkylation sites (N-methyl/N-ethyl adjacent to an activating group) is 1. The zero-order valence-electron chi connectivity index (χ0n) is 10.1. The topological polar surface area (TPSA) is 58.2 Å². The van der Waals surface area contributed by atoms with Crippen molar-refractivity contribution in [2.45, 2.75) is 19.9 Å². The van der Waals surface area contributed by atoms with E-state index in [9.17, 15) is 9.59 Å². The van der Waals surface area contributed by atoms with E-state index in [0.29, 0.717) is 21.6 Å². The van der Waals surface area contributed by atoms with Gasteiger partial charge in [-0.15, -0.1) is 0 Å². The maximum absolute atomic E-state index is 11.9. The maximum Gasteiger partial charge on any atom is 0.251 e. The highest BCUT2D eigenvalue weighted by molar-refractivity contribution is 9.10. The number of rotatable bonds is 4. The molecule has 0 bridgehead atoms. The van der Waals surface area contributed by atoms with Crippen molar-refractivity contribution in [2.24, 2.45) is 0 Å². The first-order chi connectivity index (χ1) is 8.45. The minimum absolute atomic E-state index is 0.209. The molecule has 1 rings (SSSR count). The summed E-state index contributed by atoms with van der Waals surface area (Å²) in [4.78, 5) is 23.3. The molecule has 0 radical (unpaired) electrons. The monoisotopic (exact) mass is 332 g/mol. The molecular formula is C12H14BrClN2O2. The van der Waals surface area contributed by atoms with Crippen molar-refractivity contribution in [1.29, 1.82) is 0 Å². The van der Waals surface area contributed by atoms with Crippen LogP contribution in [-0.4, -0.2) is 24.4 Å². The van der Waals surface area contributed by atoms with Crippen LogP contribution in [0.25, 0.3) is 0 Å². The van der Waals surface area contributed by atoms with Gasteiger partial charge in [0.05, 0.1) is 5.02 Å². The van der Waals surface area contributed by atoms with E-state index in [2.05, 4.69) is 26.6 Å². The molecule has 6 heteroatoms. The summed E-state index contributed by atoms with van der Waals surface area (Å²) in [6.45, 7) is 3.99. The lowest BCUT2D eigenvalue weighted by Crippen LogP contribution is -2.44. The SMILES string of the molecule is CCNC(=O)C(C)NC(=O)c1ccc(Cl)c(Br)c1. The Balaban J connectivity index is 2.70. The van der Waals surface area contributed by atoms with Gasteiger partial charge in [0, 0.05) is 16.6 Å². The molecule has 0 aliphatic carbocycles. The van der Waals surface area contributed by atoms with Crippen LogP contribution in [0.4, 0.5) is 0 Å². The van der Waals surface area contributed by atoms with Gasteiger partial charge >= 0.3 is 0 Å². The van der Waals surface area contributed by atoms with Gasteiger partial charge in [-0.25, -0.2) is 0 Å². The molecule has 1 aromatic carbocycles. The van der Waals surface area contributed by atoms with Crippen molar-refractivity contribution >= 4 is 39.3 Å². The fourth-order valence-corrected chi connectivity index (χ4v) is 1.81. The Morgan fingerprint density at radius 3 is 2.67 bits per heavy atom. The number of carbonyl (C=O) groups is 2. The van der Waals surface area contributed by atoms with Gasteiger partial charge in [0.15, 0.2) is 0 Å². The quantitative estimate of drug-likeness (QED) is 0.888. The smallest absolute Gasteiger partial charge is 0.251 e. The van der Waals surface area contributed by atoms with Gasteiger partial charge in [0.2, 0.25) is 5.91 Å². The molecular weight excluding hydrogens is 320 g/mol. The highest BCUT2D eigenvalue weighted by Gasteiger charge is 2.16. The number of nitrogens with one attached hydrogen (secondary N) is 2. The average Bonchev–Trinajstić information content (AvgIpc) is 2.32. The van der Waals surface area contributed by atoms with Crippen LogP contribution in [0, 0.1) is 0 Å². The summed E-state index contributed by atoms with van der Waals surface area (Å²) in [5.41, 5.74) is 0.447. The van der Waals surface area contributed by atoms with Crippen LogP contribution in [0.5, 0.6) is 0 Å². The Bertz CT molecular complexity index is 465. The van der Waals surface area contributed by atoms with Crippen LogP contribution < -0.4 is 10.6 Å². The van der Waals surface area contributed by atoms with E-state index in [1.807, 2.05) is 6.92 Å². The van der Waals surface area contributed by atoms with Crippen molar-refractivity contribution in [3.05, 3.63) is 33.3 Å². The number of halogens is 2. The van der Waals surface area contributed by atoms with Gasteiger partial charge in [0.1, 0.15) is 6.04 Å². The standard InChI is InChI=1S/C12H14BrClN2O2/c1-3-15-11(17)7(2)16-12(18)8-4-5-10(14)9(13)6-8/h4-7H,3H2,1-2H3,(H,15,17)(H,16,18). The molecule has 1 aromatic rings. The predicted molar refractivity (Wildman–Crippen MR) is 74.8 cm³/mol. The zero-order chi connectivity index (χ0) is 13.7. The van der Waals surface area contributed by atoms with E-state index in [0.717, 1.165) is 0 Å². The van der Waals surface area contributed by atoms with E-state index in [1.54, 1.807) is 25.1 Å². The van der Waals surface area contributed by atoms with Crippen molar-refractivity contribution in [3.63, 3.8) is 0 Å². The maximum atomic E-state index is 11.9. The molecule has 2 N–H and O–H groups in total. The third-order valence-electron chi connectivity index (χ3n) is 2.27. The highest BCUT2D eigenvalue weighted by atomic mass is 79.9. The third kappa shape index (κ3) is 3.99. The van der Waals surface area contributed by atoms with Gasteiger partial charge < -0.3 is 10.6 Å². The van der Waals surface area contributed by atoms with Gasteiger partial charge in [-0.1, -0.05) is 11.6 Å². The summed E-state index contributed by atoms with van der Waals surface area (Å²) >= 11 is 9.08. The third-order valence-corrected chi connectivity index (χ3v) is 3.49. The molecule has 4 nitrogen and oxygen atoms in total. The summed E-state index contributed by atoms with van der Waals surface area (Å²) in [5, 5.41) is 5.78. The summed E-state index contributed by atoms with van der Waals surface area (Å²) in [7, 11) is 0. The predicted octanol–water partition coefficient (Wildman–Crippen LogP) is 2.36. The Morgan fingerprint density at radius 1 is 1.44 bits per heavy atom. The van der Waals surface area contributed by atoms with Crippen molar-refractivity contribution in [2.75, 3.05) is 6.54 Å². The Morgan fingerprint density at radius 2 is 2.11 bits per heavy atom. The first kappa shape index (κ1) is 15.0. The van der Waals surface area contributed by atoms with Crippen molar-refractivity contribution in [3.8, 4) is 0 Å². The van der Waals surface area contributed by atoms with Crippen molar-refractivity contribution in [1.82, 2.24) is 10.6 Å². The minimum atomic E-state index is -0.577. The molecule has 0 aromatic heterocycles. The first-order valence-electron chi connectivity index (χ1n) is 5.49. The second-order valence-corrected chi connectivity index (χ2v) is 4.98. The summed E-state index contributed by atoms with van der Waals surface area (Å²) < 4.78 is 0.641. The van der Waals surface area contributed by atoms with Crippen LogP contribution >= 0.6 is 27.5 Å². The number of hydrogen-bond donors (Lipinski definition) is 2. The van der Waals surface area contributed by atoms with E-state index >= 15 is 0 Å². The van der Waals surface area contributed by atoms with Crippen LogP contribution in [0.15, 0.2) is 22.7 Å². The van der Waals surface area contributed by atoms with E-state index < -0.39 is 6.04 Å². The summed E-state index contributed by atoms with van der Waals surface area (Å²) in [6.07, 6.45) is 0. The molecule has 1 atom stereocenters. The molecule has 0 fully saturated rings. The highest BCUT2D eigenvalue weighted by Crippen LogP contribution is 2.23. The lowest BCUT2D eigenvalue weighted by Gasteiger charge is -2.13. The lowest BCUT2D eigenvalue weighted by molar-refractivity contribution is -0.122. The number of carbonyl (C=O) groups excluding carboxylic acids is 2. The van der Waals surface area contributed by atoms with E-state index in [-0.39, 0.29) is 11.8 Å². The van der Waals surface area contributed by atoms with E-state index in [4.69, 9.17) is 11.6 Å². The lowest BCUT2D eigenvalue weighted by atomic mass is 10.2. The molecule has 18 heavy (non-hydrogen) atoms. The fraction of sp³-hybridized carbons (Fsp3) is 0.333. The number of hydrogen-bond acceptors (Lipinski definition) is 2. The average molecular weight is 334 g/mol. The van der Waals surface area contributed by atoms with Gasteiger partial charge in [-0.05, 0) is 48.0 Å². The van der Waals surface area contributed by atoms with Crippen molar-refractivity contribution < 1.29 is 9.59 Å². The van der Waals surface area contributed by atoms with Gasteiger partial charge in [-0.3, -0.25) is 9.59 Å². The van der Waals surface area contributed by atoms with Gasteiger partial charge in [-0.2, -0.15) is 0 Å². The molecule has 0 aliphatic heterocycles. The van der Waals surface area contributed by atoms with Gasteiger partial charge in [0.25, 0.3) is 5.91 Å². The Kier molecular flexibility index (Phi) is 5.62. The molecule has 0 heterocycles. The molecule has 0 saturated heterocycles. The molecule has 2 amide bonds.